The number of carbonyl (C=O) groups excluding carboxylic acids is 1. The molecule has 28 heavy (non-hydrogen) atoms. The Hall–Kier alpha value is -3.28. The molecule has 3 aromatic rings. The Labute approximate surface area is 165 Å². The first-order valence-corrected chi connectivity index (χ1v) is 9.15. The van der Waals surface area contributed by atoms with Crippen molar-refractivity contribution in [1.82, 2.24) is 20.1 Å². The molecule has 0 saturated carbocycles. The number of benzene rings is 1. The number of nitrogens with zero attached hydrogens (tertiary/aromatic N) is 4. The number of hydrogen-bond acceptors (Lipinski definition) is 5. The lowest BCUT2D eigenvalue weighted by Crippen LogP contribution is -2.36. The van der Waals surface area contributed by atoms with Crippen LogP contribution in [0, 0.1) is 6.92 Å². The van der Waals surface area contributed by atoms with Gasteiger partial charge in [-0.25, -0.2) is 0 Å². The van der Waals surface area contributed by atoms with E-state index in [2.05, 4.69) is 21.2 Å². The van der Waals surface area contributed by atoms with Gasteiger partial charge in [0.25, 0.3) is 5.91 Å². The lowest BCUT2D eigenvalue weighted by Gasteiger charge is -2.25. The largest absolute Gasteiger partial charge is 0.480 e. The van der Waals surface area contributed by atoms with Crippen LogP contribution in [-0.4, -0.2) is 46.2 Å². The highest BCUT2D eigenvalue weighted by atomic mass is 16.5. The SMILES string of the molecule is COc1ccc(-c2cccc(C(=O)N(C)[C@@H](C)Cc3cc(C)ccn3)c2)nn1. The monoisotopic (exact) mass is 376 g/mol. The lowest BCUT2D eigenvalue weighted by molar-refractivity contribution is 0.0743. The smallest absolute Gasteiger partial charge is 0.253 e. The molecular formula is C22H24N4O2. The van der Waals surface area contributed by atoms with Crippen LogP contribution in [0.3, 0.4) is 0 Å². The van der Waals surface area contributed by atoms with Crippen LogP contribution in [-0.2, 0) is 6.42 Å². The normalized spacial score (nSPS) is 11.7. The fourth-order valence-corrected chi connectivity index (χ4v) is 2.95. The molecule has 6 heteroatoms. The zero-order valence-electron chi connectivity index (χ0n) is 16.6. The van der Waals surface area contributed by atoms with Crippen molar-refractivity contribution in [2.24, 2.45) is 0 Å². The van der Waals surface area contributed by atoms with Gasteiger partial charge >= 0.3 is 0 Å². The summed E-state index contributed by atoms with van der Waals surface area (Å²) in [6.45, 7) is 4.07. The first kappa shape index (κ1) is 19.5. The predicted octanol–water partition coefficient (Wildman–Crippen LogP) is 3.56. The molecule has 1 aromatic carbocycles. The van der Waals surface area contributed by atoms with Crippen molar-refractivity contribution in [3.63, 3.8) is 0 Å². The number of rotatable bonds is 6. The summed E-state index contributed by atoms with van der Waals surface area (Å²) >= 11 is 0. The summed E-state index contributed by atoms with van der Waals surface area (Å²) in [6, 6.07) is 15.0. The van der Waals surface area contributed by atoms with E-state index in [-0.39, 0.29) is 11.9 Å². The quantitative estimate of drug-likeness (QED) is 0.658. The Morgan fingerprint density at radius 1 is 1.14 bits per heavy atom. The summed E-state index contributed by atoms with van der Waals surface area (Å²) in [4.78, 5) is 19.1. The first-order valence-electron chi connectivity index (χ1n) is 9.15. The number of amides is 1. The second-order valence-corrected chi connectivity index (χ2v) is 6.84. The highest BCUT2D eigenvalue weighted by Gasteiger charge is 2.19. The van der Waals surface area contributed by atoms with Crippen LogP contribution >= 0.6 is 0 Å². The molecule has 2 heterocycles. The molecule has 3 rings (SSSR count). The van der Waals surface area contributed by atoms with Crippen molar-refractivity contribution >= 4 is 5.91 Å². The van der Waals surface area contributed by atoms with Gasteiger partial charge in [0, 0.05) is 48.6 Å². The van der Waals surface area contributed by atoms with Crippen LogP contribution in [0.15, 0.2) is 54.7 Å². The van der Waals surface area contributed by atoms with Crippen LogP contribution in [0.5, 0.6) is 5.88 Å². The lowest BCUT2D eigenvalue weighted by atomic mass is 10.1. The minimum Gasteiger partial charge on any atom is -0.480 e. The van der Waals surface area contributed by atoms with Gasteiger partial charge in [-0.2, -0.15) is 0 Å². The van der Waals surface area contributed by atoms with E-state index >= 15 is 0 Å². The Kier molecular flexibility index (Phi) is 5.99. The molecule has 1 amide bonds. The Morgan fingerprint density at radius 3 is 2.64 bits per heavy atom. The minimum atomic E-state index is -0.0385. The summed E-state index contributed by atoms with van der Waals surface area (Å²) in [5.41, 5.74) is 4.29. The third kappa shape index (κ3) is 4.52. The molecule has 0 fully saturated rings. The predicted molar refractivity (Wildman–Crippen MR) is 108 cm³/mol. The van der Waals surface area contributed by atoms with Gasteiger partial charge in [0.15, 0.2) is 0 Å². The number of carbonyl (C=O) groups is 1. The third-order valence-electron chi connectivity index (χ3n) is 4.71. The molecule has 144 valence electrons. The zero-order valence-corrected chi connectivity index (χ0v) is 16.6. The molecule has 0 aliphatic rings. The minimum absolute atomic E-state index is 0.0197. The maximum absolute atomic E-state index is 13.0. The topological polar surface area (TPSA) is 68.2 Å². The molecule has 0 aliphatic heterocycles. The molecule has 6 nitrogen and oxygen atoms in total. The van der Waals surface area contributed by atoms with Crippen molar-refractivity contribution in [2.75, 3.05) is 14.2 Å². The molecule has 2 aromatic heterocycles. The van der Waals surface area contributed by atoms with Crippen molar-refractivity contribution in [2.45, 2.75) is 26.3 Å². The van der Waals surface area contributed by atoms with E-state index in [0.717, 1.165) is 11.3 Å². The highest BCUT2D eigenvalue weighted by Crippen LogP contribution is 2.20. The molecule has 0 unspecified atom stereocenters. The molecule has 0 bridgehead atoms. The van der Waals surface area contributed by atoms with Gasteiger partial charge in [0.2, 0.25) is 5.88 Å². The van der Waals surface area contributed by atoms with Crippen molar-refractivity contribution in [3.8, 4) is 17.1 Å². The van der Waals surface area contributed by atoms with Crippen molar-refractivity contribution in [1.29, 1.82) is 0 Å². The van der Waals surface area contributed by atoms with Crippen LogP contribution in [0.25, 0.3) is 11.3 Å². The van der Waals surface area contributed by atoms with E-state index in [4.69, 9.17) is 4.74 Å². The van der Waals surface area contributed by atoms with Crippen molar-refractivity contribution < 1.29 is 9.53 Å². The van der Waals surface area contributed by atoms with Crippen LogP contribution in [0.2, 0.25) is 0 Å². The van der Waals surface area contributed by atoms with E-state index in [0.29, 0.717) is 23.6 Å². The number of likely N-dealkylation sites (N-methyl/N-ethyl adjacent to an activating group) is 1. The van der Waals surface area contributed by atoms with Gasteiger partial charge < -0.3 is 9.64 Å². The first-order chi connectivity index (χ1) is 13.5. The number of ether oxygens (including phenoxy) is 1. The summed E-state index contributed by atoms with van der Waals surface area (Å²) in [6.07, 6.45) is 2.51. The Bertz CT molecular complexity index is 957. The summed E-state index contributed by atoms with van der Waals surface area (Å²) in [5, 5.41) is 8.15. The maximum Gasteiger partial charge on any atom is 0.253 e. The van der Waals surface area contributed by atoms with Gasteiger partial charge in [0.05, 0.1) is 12.8 Å². The van der Waals surface area contributed by atoms with Gasteiger partial charge in [-0.1, -0.05) is 12.1 Å². The molecule has 1 atom stereocenters. The summed E-state index contributed by atoms with van der Waals surface area (Å²) in [5.74, 6) is 0.415. The summed E-state index contributed by atoms with van der Waals surface area (Å²) in [7, 11) is 3.37. The molecule has 0 radical (unpaired) electrons. The molecular weight excluding hydrogens is 352 g/mol. The molecule has 0 aliphatic carbocycles. The fraction of sp³-hybridized carbons (Fsp3) is 0.273. The number of methoxy groups -OCH3 is 1. The second-order valence-electron chi connectivity index (χ2n) is 6.84. The van der Waals surface area contributed by atoms with E-state index in [1.54, 1.807) is 24.3 Å². The number of aromatic nitrogens is 3. The molecule has 0 saturated heterocycles. The average molecular weight is 376 g/mol. The Morgan fingerprint density at radius 2 is 1.96 bits per heavy atom. The summed E-state index contributed by atoms with van der Waals surface area (Å²) < 4.78 is 5.04. The highest BCUT2D eigenvalue weighted by molar-refractivity contribution is 5.95. The maximum atomic E-state index is 13.0. The fourth-order valence-electron chi connectivity index (χ4n) is 2.95. The Balaban J connectivity index is 1.75. The van der Waals surface area contributed by atoms with E-state index in [1.165, 1.54) is 5.56 Å². The molecule has 0 spiro atoms. The standard InChI is InChI=1S/C22H24N4O2/c1-15-10-11-23-19(12-15)13-16(2)26(3)22(27)18-7-5-6-17(14-18)20-8-9-21(28-4)25-24-20/h5-12,14,16H,13H2,1-4H3/t16-/m0/s1. The van der Waals surface area contributed by atoms with Crippen LogP contribution < -0.4 is 4.74 Å². The van der Waals surface area contributed by atoms with Crippen molar-refractivity contribution in [3.05, 3.63) is 71.5 Å². The number of aryl methyl sites for hydroxylation is 1. The van der Waals surface area contributed by atoms with E-state index < -0.39 is 0 Å². The van der Waals surface area contributed by atoms with Gasteiger partial charge in [0.1, 0.15) is 0 Å². The van der Waals surface area contributed by atoms with Crippen LogP contribution in [0.1, 0.15) is 28.5 Å². The van der Waals surface area contributed by atoms with Gasteiger partial charge in [-0.05, 0) is 49.7 Å². The number of hydrogen-bond donors (Lipinski definition) is 0. The molecule has 0 N–H and O–H groups in total. The van der Waals surface area contributed by atoms with Gasteiger partial charge in [-0.3, -0.25) is 9.78 Å². The van der Waals surface area contributed by atoms with E-state index in [9.17, 15) is 4.79 Å². The average Bonchev–Trinajstić information content (AvgIpc) is 2.73. The number of pyridine rings is 1. The van der Waals surface area contributed by atoms with Gasteiger partial charge in [-0.15, -0.1) is 10.2 Å². The second kappa shape index (κ2) is 8.61. The van der Waals surface area contributed by atoms with Crippen LogP contribution in [0.4, 0.5) is 0 Å². The van der Waals surface area contributed by atoms with E-state index in [1.807, 2.05) is 57.3 Å². The zero-order chi connectivity index (χ0) is 20.1. The third-order valence-corrected chi connectivity index (χ3v) is 4.71.